The zero-order valence-electron chi connectivity index (χ0n) is 79.3. The summed E-state index contributed by atoms with van der Waals surface area (Å²) in [6.07, 6.45) is -26.3. The van der Waals surface area contributed by atoms with Gasteiger partial charge in [-0.2, -0.15) is 94.1 Å². The topological polar surface area (TPSA) is 744 Å². The van der Waals surface area contributed by atoms with Gasteiger partial charge in [0.05, 0.1) is 67.6 Å². The minimum atomic E-state index is -2.02. The van der Waals surface area contributed by atoms with E-state index in [1.54, 1.807) is 0 Å². The maximum atomic E-state index is 12.1. The third-order valence-corrected chi connectivity index (χ3v) is 26.2. The molecule has 135 heavy (non-hydrogen) atoms. The van der Waals surface area contributed by atoms with E-state index in [9.17, 15) is 158 Å². The van der Waals surface area contributed by atoms with Gasteiger partial charge >= 0.3 is 473 Å². The van der Waals surface area contributed by atoms with E-state index in [4.69, 9.17) is 52.1 Å². The van der Waals surface area contributed by atoms with Crippen molar-refractivity contribution in [2.45, 2.75) is 206 Å². The van der Waals surface area contributed by atoms with Crippen molar-refractivity contribution < 1.29 is 683 Å². The van der Waals surface area contributed by atoms with Gasteiger partial charge in [-0.3, -0.25) is 0 Å². The van der Waals surface area contributed by atoms with Gasteiger partial charge in [-0.05, 0) is 97.4 Å². The Labute approximate surface area is 1170 Å². The Balaban J connectivity index is -0.000000692. The van der Waals surface area contributed by atoms with Crippen LogP contribution in [-0.4, -0.2) is 311 Å². The van der Waals surface area contributed by atoms with E-state index in [0.717, 1.165) is 0 Å². The number of thioether (sulfide) groups is 8. The van der Waals surface area contributed by atoms with Crippen molar-refractivity contribution in [1.29, 1.82) is 0 Å². The van der Waals surface area contributed by atoms with E-state index >= 15 is 0 Å². The number of carbonyl (C=O) groups is 16. The van der Waals surface area contributed by atoms with Crippen molar-refractivity contribution in [2.24, 2.45) is 0 Å². The Morgan fingerprint density at radius 1 is 0.207 bits per heavy atom. The summed E-state index contributed by atoms with van der Waals surface area (Å²) in [5.74, 6) is -29.6. The summed E-state index contributed by atoms with van der Waals surface area (Å²) in [5, 5.41) is 175. The Morgan fingerprint density at radius 2 is 0.370 bits per heavy atom. The summed E-state index contributed by atoms with van der Waals surface area (Å²) >= 11 is 4.85. The molecule has 0 aromatic heterocycles. The zero-order valence-corrected chi connectivity index (χ0v) is 118. The number of ether oxygens (including phenoxy) is 11. The van der Waals surface area contributed by atoms with Crippen LogP contribution in [0.2, 0.25) is 0 Å². The van der Waals surface area contributed by atoms with Crippen molar-refractivity contribution >= 4 is 190 Å². The van der Waals surface area contributed by atoms with Crippen LogP contribution in [0.1, 0.15) is 103 Å². The molecule has 2 aliphatic rings. The number of hydrogen-bond donors (Lipinski definition) is 0. The SMILES string of the molecule is O=C([O-])CC(SCCCOCC1OC(OC2C(COCCCSC(CC(=O)[O-])C(=O)[O-])OC(OCCCSC(CC(=O)[O-])C(=O)[O-])C(OCCCSC(CC(=O)[O-])C(=O)[O-])C2OCCCSC(CC(=O)[O-])C(=O)[O-])C(OCCCSC(CC(=O)[O-])C(=O)[O-])C(OCCCSC(CC(=O)[O-])C(=O)[O-])C1OCCCSC(CC(=O)[O-])C(=O)[O-])C(=O)[O-].[Na+].[Na+].[Na+].[Na+].[Na+].[Na+].[Na+].[Na+].[Na+].[Na+].[Na+].[Na+].[Na+].[Na+].[Na+].[Na+]. The number of rotatable bonds is 76. The van der Waals surface area contributed by atoms with E-state index < -0.39 is 303 Å². The molecule has 0 aromatic carbocycles. The van der Waals surface area contributed by atoms with Crippen molar-refractivity contribution in [2.75, 3.05) is 112 Å². The summed E-state index contributed by atoms with van der Waals surface area (Å²) < 4.78 is 72.1. The molecular weight excluding hydrogens is 2130 g/mol. The number of aliphatic carboxylic acids is 16. The van der Waals surface area contributed by atoms with Gasteiger partial charge in [0.15, 0.2) is 12.6 Å². The molecule has 0 amide bonds. The van der Waals surface area contributed by atoms with E-state index in [0.29, 0.717) is 94.1 Å². The summed E-state index contributed by atoms with van der Waals surface area (Å²) in [5.41, 5.74) is 0. The minimum Gasteiger partial charge on any atom is -0.550 e. The smallest absolute Gasteiger partial charge is 0.550 e. The van der Waals surface area contributed by atoms with Crippen LogP contribution >= 0.6 is 94.1 Å². The van der Waals surface area contributed by atoms with Crippen LogP contribution in [0.25, 0.3) is 0 Å². The number of carbonyl (C=O) groups excluding carboxylic acids is 16. The molecule has 2 saturated heterocycles. The first kappa shape index (κ1) is 178. The van der Waals surface area contributed by atoms with Crippen molar-refractivity contribution in [3.8, 4) is 0 Å². The predicted octanol–water partition coefficient (Wildman–Crippen LogP) is -66.1. The fraction of sp³-hybridized carbons (Fsp3) is 0.765. The van der Waals surface area contributed by atoms with Crippen LogP contribution in [-0.2, 0) is 129 Å². The third-order valence-electron chi connectivity index (χ3n) is 15.9. The maximum absolute atomic E-state index is 12.1. The van der Waals surface area contributed by atoms with Crippen molar-refractivity contribution in [3.63, 3.8) is 0 Å². The molecule has 18 unspecified atom stereocenters. The molecule has 18 atom stereocenters. The van der Waals surface area contributed by atoms with Gasteiger partial charge in [0.25, 0.3) is 0 Å². The molecule has 0 saturated carbocycles. The summed E-state index contributed by atoms with van der Waals surface area (Å²) in [6, 6.07) is 0. The molecule has 0 radical (unpaired) electrons. The standard InChI is InChI=1S/C68H102O43S8.16Na/c69-45(70)25-37(59(85)86)112-17-1-9-101-33-35-53(103-11-3-19-114-39(61(89)90)27-47(73)74)55(104-12-4-20-115-40(62(91)92)28-48(75)76)58(107-15-7-23-118-43(65(97)98)31-51(81)82)68(110-35)111-54-36(34-102-10-2-18-113-38(60(87)88)26-46(71)72)109-67(108-16-8-24-119-44(66(99)100)32-52(83)84)57(106-14-6-22-117-42(64(95)96)30-50(79)80)56(54)105-13-5-21-116-41(63(93)94)29-49(77)78;;;;;;;;;;;;;;;;/h35-44,53-58,67-68H,1-34H2,(H,69,70)(H,71,72)(H,73,74)(H,75,76)(H,77,78)(H,79,80)(H,81,82)(H,83,84)(H,85,86)(H,87,88)(H,89,90)(H,91,92)(H,93,94)(H,95,96)(H,97,98)(H,99,100);;;;;;;;;;;;;;;;/q;16*+1/p-16. The van der Waals surface area contributed by atoms with Gasteiger partial charge in [-0.15, -0.1) is 0 Å². The first-order chi connectivity index (χ1) is 56.3. The first-order valence-corrected chi connectivity index (χ1v) is 44.7. The van der Waals surface area contributed by atoms with Gasteiger partial charge in [0.1, 0.15) is 48.8 Å². The normalized spacial score (nSPS) is 18.7. The largest absolute Gasteiger partial charge is 1.00 e. The van der Waals surface area contributed by atoms with Crippen molar-refractivity contribution in [3.05, 3.63) is 0 Å². The molecule has 2 fully saturated rings. The quantitative estimate of drug-likeness (QED) is 0.0403. The number of hydrogen-bond acceptors (Lipinski definition) is 51. The molecule has 43 nitrogen and oxygen atoms in total. The molecule has 2 heterocycles. The monoisotopic (exact) mass is 2210 g/mol. The molecule has 0 N–H and O–H groups in total. The Morgan fingerprint density at radius 3 is 0.578 bits per heavy atom. The second-order valence-electron chi connectivity index (χ2n) is 25.2. The van der Waals surface area contributed by atoms with Gasteiger partial charge in [0.2, 0.25) is 0 Å². The fourth-order valence-electron chi connectivity index (χ4n) is 10.6. The van der Waals surface area contributed by atoms with Gasteiger partial charge in [-0.25, -0.2) is 0 Å². The summed E-state index contributed by atoms with van der Waals surface area (Å²) in [4.78, 5) is 188. The van der Waals surface area contributed by atoms with Crippen LogP contribution in [0.4, 0.5) is 0 Å². The zero-order chi connectivity index (χ0) is 89.1. The van der Waals surface area contributed by atoms with Gasteiger partial charge in [-0.1, -0.05) is 0 Å². The first-order valence-electron chi connectivity index (χ1n) is 36.3. The average Bonchev–Trinajstić information content (AvgIpc) is 0.768. The van der Waals surface area contributed by atoms with E-state index in [2.05, 4.69) is 0 Å². The van der Waals surface area contributed by atoms with Crippen LogP contribution in [0.15, 0.2) is 0 Å². The second kappa shape index (κ2) is 108. The molecular formula is C68H86Na16O43S8. The van der Waals surface area contributed by atoms with Gasteiger partial charge in [0, 0.05) is 187 Å². The molecule has 680 valence electrons. The summed E-state index contributed by atoms with van der Waals surface area (Å²) in [7, 11) is 0. The third kappa shape index (κ3) is 85.7. The maximum Gasteiger partial charge on any atom is 1.00 e. The fourth-order valence-corrected chi connectivity index (χ4v) is 18.3. The molecule has 2 aliphatic heterocycles. The number of carboxylic acid groups (broad SMARTS) is 16. The number of carboxylic acids is 16. The van der Waals surface area contributed by atoms with Crippen LogP contribution in [0.3, 0.4) is 0 Å². The van der Waals surface area contributed by atoms with Gasteiger partial charge < -0.3 is 211 Å². The Bertz CT molecular complexity index is 3270. The minimum absolute atomic E-state index is 0. The van der Waals surface area contributed by atoms with Crippen LogP contribution < -0.4 is 555 Å². The molecule has 2 rings (SSSR count). The molecule has 67 heteroatoms. The Kier molecular flexibility index (Phi) is 142. The molecule has 0 bridgehead atoms. The van der Waals surface area contributed by atoms with Crippen LogP contribution in [0.5, 0.6) is 0 Å². The second-order valence-corrected chi connectivity index (χ2v) is 35.7. The summed E-state index contributed by atoms with van der Waals surface area (Å²) in [6.45, 7) is -4.77. The van der Waals surface area contributed by atoms with Crippen molar-refractivity contribution in [1.82, 2.24) is 0 Å². The predicted molar refractivity (Wildman–Crippen MR) is 382 cm³/mol. The molecule has 0 spiro atoms. The van der Waals surface area contributed by atoms with E-state index in [-0.39, 0.29) is 584 Å². The van der Waals surface area contributed by atoms with Crippen LogP contribution in [0, 0.1) is 0 Å². The Hall–Kier alpha value is 9.88. The molecule has 0 aliphatic carbocycles. The average molecular weight is 2220 g/mol. The molecule has 0 aromatic rings. The van der Waals surface area contributed by atoms with E-state index in [1.807, 2.05) is 0 Å². The van der Waals surface area contributed by atoms with E-state index in [1.165, 1.54) is 0 Å².